The molecule has 2 atom stereocenters. The lowest BCUT2D eigenvalue weighted by molar-refractivity contribution is -0.289. The van der Waals surface area contributed by atoms with Crippen molar-refractivity contribution in [3.8, 4) is 5.75 Å². The lowest BCUT2D eigenvalue weighted by atomic mass is 10.0. The highest BCUT2D eigenvalue weighted by molar-refractivity contribution is 7.89. The van der Waals surface area contributed by atoms with Crippen LogP contribution in [0.5, 0.6) is 5.75 Å². The third kappa shape index (κ3) is 4.76. The Labute approximate surface area is 168 Å². The van der Waals surface area contributed by atoms with Crippen LogP contribution >= 0.6 is 11.6 Å². The summed E-state index contributed by atoms with van der Waals surface area (Å²) < 4.78 is 38.5. The van der Waals surface area contributed by atoms with E-state index in [0.29, 0.717) is 23.6 Å². The number of carbonyl (C=O) groups is 1. The second-order valence-corrected chi connectivity index (χ2v) is 9.44. The average Bonchev–Trinajstić information content (AvgIpc) is 2.69. The van der Waals surface area contributed by atoms with Crippen LogP contribution in [0.3, 0.4) is 0 Å². The van der Waals surface area contributed by atoms with Gasteiger partial charge in [0.05, 0.1) is 17.8 Å². The van der Waals surface area contributed by atoms with E-state index in [1.165, 1.54) is 4.31 Å². The third-order valence-corrected chi connectivity index (χ3v) is 7.73. The van der Waals surface area contributed by atoms with Crippen LogP contribution in [-0.4, -0.2) is 71.9 Å². The van der Waals surface area contributed by atoms with Gasteiger partial charge >= 0.3 is 0 Å². The van der Waals surface area contributed by atoms with Gasteiger partial charge in [0.25, 0.3) is 5.91 Å². The smallest absolute Gasteiger partial charge is 0.279 e. The molecule has 0 aromatic heterocycles. The Hall–Kier alpha value is -1.43. The van der Waals surface area contributed by atoms with Crippen molar-refractivity contribution in [2.75, 3.05) is 26.3 Å². The van der Waals surface area contributed by atoms with E-state index in [4.69, 9.17) is 31.5 Å². The van der Waals surface area contributed by atoms with E-state index in [1.54, 1.807) is 24.3 Å². The molecule has 0 spiro atoms. The number of carbonyl (C=O) groups excluding carboxylic acids is 1. The van der Waals surface area contributed by atoms with Gasteiger partial charge in [0.15, 0.2) is 0 Å². The maximum atomic E-state index is 13.1. The highest BCUT2D eigenvalue weighted by atomic mass is 35.5. The number of hydrogen-bond donors (Lipinski definition) is 2. The Morgan fingerprint density at radius 2 is 1.82 bits per heavy atom. The zero-order chi connectivity index (χ0) is 20.3. The van der Waals surface area contributed by atoms with E-state index < -0.39 is 32.3 Å². The summed E-state index contributed by atoms with van der Waals surface area (Å²) in [6, 6.07) is 6.98. The van der Waals surface area contributed by atoms with Crippen molar-refractivity contribution < 1.29 is 33.1 Å². The lowest BCUT2D eigenvalue weighted by Crippen LogP contribution is -2.53. The van der Waals surface area contributed by atoms with Gasteiger partial charge in [0.2, 0.25) is 10.0 Å². The number of hydrogen-bond acceptors (Lipinski definition) is 7. The van der Waals surface area contributed by atoms with Crippen LogP contribution in [0.25, 0.3) is 0 Å². The van der Waals surface area contributed by atoms with Crippen LogP contribution < -0.4 is 4.74 Å². The fourth-order valence-corrected chi connectivity index (χ4v) is 5.79. The SMILES string of the molecule is O=C(C1COCCC1S(=O)(=O)N1CCC(Oc2ccc(Cl)cc2)CC1)N(O)O. The molecule has 0 radical (unpaired) electrons. The Kier molecular flexibility index (Phi) is 6.79. The normalized spacial score (nSPS) is 24.7. The monoisotopic (exact) mass is 434 g/mol. The maximum Gasteiger partial charge on any atom is 0.279 e. The summed E-state index contributed by atoms with van der Waals surface area (Å²) in [4.78, 5) is 12.0. The molecule has 9 nitrogen and oxygen atoms in total. The molecule has 28 heavy (non-hydrogen) atoms. The van der Waals surface area contributed by atoms with Crippen LogP contribution in [0, 0.1) is 5.92 Å². The molecular weight excluding hydrogens is 412 g/mol. The second-order valence-electron chi connectivity index (χ2n) is 6.85. The summed E-state index contributed by atoms with van der Waals surface area (Å²) in [5.74, 6) is -1.57. The number of rotatable bonds is 5. The van der Waals surface area contributed by atoms with Crippen molar-refractivity contribution in [1.82, 2.24) is 9.53 Å². The van der Waals surface area contributed by atoms with Gasteiger partial charge in [-0.05, 0) is 43.5 Å². The summed E-state index contributed by atoms with van der Waals surface area (Å²) in [7, 11) is -3.80. The van der Waals surface area contributed by atoms with Crippen LogP contribution in [0.2, 0.25) is 5.02 Å². The molecule has 11 heteroatoms. The highest BCUT2D eigenvalue weighted by Gasteiger charge is 2.45. The van der Waals surface area contributed by atoms with E-state index in [0.717, 1.165) is 0 Å². The van der Waals surface area contributed by atoms with Gasteiger partial charge in [-0.3, -0.25) is 15.2 Å². The van der Waals surface area contributed by atoms with E-state index in [-0.39, 0.29) is 38.8 Å². The molecule has 2 saturated heterocycles. The van der Waals surface area contributed by atoms with E-state index >= 15 is 0 Å². The van der Waals surface area contributed by atoms with Crippen LogP contribution in [0.1, 0.15) is 19.3 Å². The molecule has 2 aliphatic rings. The number of hydroxylamine groups is 2. The zero-order valence-corrected chi connectivity index (χ0v) is 16.7. The number of nitrogens with zero attached hydrogens (tertiary/aromatic N) is 2. The Morgan fingerprint density at radius 1 is 1.18 bits per heavy atom. The summed E-state index contributed by atoms with van der Waals surface area (Å²) in [6.07, 6.45) is 1.02. The van der Waals surface area contributed by atoms with Crippen LogP contribution in [0.15, 0.2) is 24.3 Å². The molecule has 0 aliphatic carbocycles. The van der Waals surface area contributed by atoms with Crippen LogP contribution in [0.4, 0.5) is 0 Å². The molecule has 3 rings (SSSR count). The van der Waals surface area contributed by atoms with Gasteiger partial charge < -0.3 is 9.47 Å². The summed E-state index contributed by atoms with van der Waals surface area (Å²) in [5, 5.41) is 17.0. The highest BCUT2D eigenvalue weighted by Crippen LogP contribution is 2.29. The minimum atomic E-state index is -3.80. The van der Waals surface area contributed by atoms with Crippen molar-refractivity contribution in [1.29, 1.82) is 0 Å². The molecule has 1 aromatic carbocycles. The largest absolute Gasteiger partial charge is 0.490 e. The molecule has 2 N–H and O–H groups in total. The predicted molar refractivity (Wildman–Crippen MR) is 98.7 cm³/mol. The number of piperidine rings is 1. The standard InChI is InChI=1S/C17H23ClN2O7S/c18-12-1-3-13(4-2-12)27-14-5-8-19(9-6-14)28(24,25)16-7-10-26-11-15(16)17(21)20(22)23/h1-4,14-16,22-23H,5-11H2. The molecule has 1 amide bonds. The third-order valence-electron chi connectivity index (χ3n) is 5.07. The molecule has 2 fully saturated rings. The van der Waals surface area contributed by atoms with Gasteiger partial charge in [-0.15, -0.1) is 0 Å². The van der Waals surface area contributed by atoms with Gasteiger partial charge in [-0.25, -0.2) is 12.7 Å². The fourth-order valence-electron chi connectivity index (χ4n) is 3.55. The Bertz CT molecular complexity index is 779. The first-order valence-electron chi connectivity index (χ1n) is 8.99. The van der Waals surface area contributed by atoms with Crippen molar-refractivity contribution in [3.05, 3.63) is 29.3 Å². The van der Waals surface area contributed by atoms with E-state index in [1.807, 2.05) is 0 Å². The molecule has 156 valence electrons. The maximum absolute atomic E-state index is 13.1. The van der Waals surface area contributed by atoms with Gasteiger partial charge in [-0.2, -0.15) is 0 Å². The molecule has 2 unspecified atom stereocenters. The fraction of sp³-hybridized carbons (Fsp3) is 0.588. The Morgan fingerprint density at radius 3 is 2.43 bits per heavy atom. The Balaban J connectivity index is 1.63. The quantitative estimate of drug-likeness (QED) is 0.533. The van der Waals surface area contributed by atoms with E-state index in [9.17, 15) is 13.2 Å². The van der Waals surface area contributed by atoms with Crippen molar-refractivity contribution in [2.24, 2.45) is 5.92 Å². The average molecular weight is 435 g/mol. The second kappa shape index (κ2) is 8.93. The molecule has 2 heterocycles. The van der Waals surface area contributed by atoms with Crippen LogP contribution in [-0.2, 0) is 19.6 Å². The first kappa shape index (κ1) is 21.3. The lowest BCUT2D eigenvalue weighted by Gasteiger charge is -2.37. The summed E-state index contributed by atoms with van der Waals surface area (Å²) in [5.41, 5.74) is 0. The minimum Gasteiger partial charge on any atom is -0.490 e. The minimum absolute atomic E-state index is 0.119. The number of benzene rings is 1. The molecular formula is C17H23ClN2O7S. The number of ether oxygens (including phenoxy) is 2. The van der Waals surface area contributed by atoms with E-state index in [2.05, 4.69) is 0 Å². The van der Waals surface area contributed by atoms with Crippen molar-refractivity contribution in [3.63, 3.8) is 0 Å². The topological polar surface area (TPSA) is 117 Å². The van der Waals surface area contributed by atoms with Crippen molar-refractivity contribution >= 4 is 27.5 Å². The molecule has 1 aromatic rings. The molecule has 2 aliphatic heterocycles. The number of amides is 1. The zero-order valence-electron chi connectivity index (χ0n) is 15.1. The predicted octanol–water partition coefficient (Wildman–Crippen LogP) is 1.53. The summed E-state index contributed by atoms with van der Waals surface area (Å²) in [6.45, 7) is 0.554. The number of halogens is 1. The van der Waals surface area contributed by atoms with Gasteiger partial charge in [-0.1, -0.05) is 16.8 Å². The van der Waals surface area contributed by atoms with Gasteiger partial charge in [0.1, 0.15) is 11.9 Å². The first-order valence-corrected chi connectivity index (χ1v) is 10.9. The number of sulfonamides is 1. The first-order chi connectivity index (χ1) is 13.3. The van der Waals surface area contributed by atoms with Crippen molar-refractivity contribution in [2.45, 2.75) is 30.6 Å². The summed E-state index contributed by atoms with van der Waals surface area (Å²) >= 11 is 5.85. The molecule has 0 saturated carbocycles. The van der Waals surface area contributed by atoms with Gasteiger partial charge in [0, 0.05) is 24.7 Å². The molecule has 0 bridgehead atoms.